The molecule has 0 atom stereocenters. The van der Waals surface area contributed by atoms with E-state index < -0.39 is 0 Å². The van der Waals surface area contributed by atoms with Gasteiger partial charge in [0.1, 0.15) is 5.82 Å². The highest BCUT2D eigenvalue weighted by Gasteiger charge is 2.18. The summed E-state index contributed by atoms with van der Waals surface area (Å²) in [6, 6.07) is 13.7. The van der Waals surface area contributed by atoms with Gasteiger partial charge in [-0.3, -0.25) is 4.79 Å². The van der Waals surface area contributed by atoms with Gasteiger partial charge >= 0.3 is 0 Å². The fraction of sp³-hybridized carbons (Fsp3) is 0.263. The van der Waals surface area contributed by atoms with Gasteiger partial charge in [-0.2, -0.15) is 0 Å². The maximum Gasteiger partial charge on any atom is 0.231 e. The molecule has 6 nitrogen and oxygen atoms in total. The Bertz CT molecular complexity index is 948. The van der Waals surface area contributed by atoms with Gasteiger partial charge in [-0.15, -0.1) is 0 Å². The highest BCUT2D eigenvalue weighted by Crippen LogP contribution is 2.33. The number of hydrogen-bond acceptors (Lipinski definition) is 4. The van der Waals surface area contributed by atoms with Gasteiger partial charge in [0, 0.05) is 20.5 Å². The van der Waals surface area contributed by atoms with Crippen LogP contribution in [0.15, 0.2) is 42.5 Å². The number of fused-ring (bicyclic) bond motifs is 2. The topological polar surface area (TPSA) is 56.6 Å². The second-order valence-corrected chi connectivity index (χ2v) is 6.14. The number of ether oxygens (including phenoxy) is 2. The maximum absolute atomic E-state index is 12.1. The van der Waals surface area contributed by atoms with Crippen molar-refractivity contribution in [1.82, 2.24) is 14.5 Å². The Morgan fingerprint density at radius 2 is 1.96 bits per heavy atom. The smallest absolute Gasteiger partial charge is 0.231 e. The summed E-state index contributed by atoms with van der Waals surface area (Å²) in [4.78, 5) is 18.6. The van der Waals surface area contributed by atoms with Crippen molar-refractivity contribution in [3.63, 3.8) is 0 Å². The monoisotopic (exact) mass is 337 g/mol. The van der Waals surface area contributed by atoms with Gasteiger partial charge in [-0.05, 0) is 29.8 Å². The minimum absolute atomic E-state index is 0.00437. The molecule has 0 spiro atoms. The first kappa shape index (κ1) is 15.5. The Labute approximate surface area is 145 Å². The van der Waals surface area contributed by atoms with E-state index in [0.717, 1.165) is 33.9 Å². The zero-order valence-electron chi connectivity index (χ0n) is 14.2. The molecule has 0 aliphatic carbocycles. The summed E-state index contributed by atoms with van der Waals surface area (Å²) in [6.07, 6.45) is 0. The average Bonchev–Trinajstić information content (AvgIpc) is 3.19. The van der Waals surface area contributed by atoms with Crippen LogP contribution in [0, 0.1) is 0 Å². The first-order valence-corrected chi connectivity index (χ1v) is 8.16. The second-order valence-electron chi connectivity index (χ2n) is 6.14. The van der Waals surface area contributed by atoms with Crippen molar-refractivity contribution in [3.8, 4) is 11.5 Å². The summed E-state index contributed by atoms with van der Waals surface area (Å²) in [6.45, 7) is 2.77. The Hall–Kier alpha value is -3.02. The van der Waals surface area contributed by atoms with Gasteiger partial charge in [-0.1, -0.05) is 18.2 Å². The van der Waals surface area contributed by atoms with Gasteiger partial charge in [0.25, 0.3) is 0 Å². The van der Waals surface area contributed by atoms with Gasteiger partial charge in [-0.25, -0.2) is 4.98 Å². The molecule has 0 bridgehead atoms. The van der Waals surface area contributed by atoms with Crippen molar-refractivity contribution in [1.29, 1.82) is 0 Å². The lowest BCUT2D eigenvalue weighted by Gasteiger charge is -2.21. The molecule has 2 aromatic carbocycles. The number of carbonyl (C=O) groups excluding carboxylic acids is 1. The molecule has 25 heavy (non-hydrogen) atoms. The molecule has 2 heterocycles. The first-order chi connectivity index (χ1) is 12.1. The van der Waals surface area contributed by atoms with Gasteiger partial charge < -0.3 is 18.9 Å². The van der Waals surface area contributed by atoms with Crippen LogP contribution in [0.25, 0.3) is 11.0 Å². The molecule has 1 aromatic heterocycles. The minimum atomic E-state index is 0.00437. The van der Waals surface area contributed by atoms with E-state index in [0.29, 0.717) is 13.1 Å². The number of benzene rings is 2. The Balaban J connectivity index is 1.59. The molecule has 0 unspecified atom stereocenters. The predicted molar refractivity (Wildman–Crippen MR) is 93.2 cm³/mol. The fourth-order valence-corrected chi connectivity index (χ4v) is 3.05. The molecule has 0 fully saturated rings. The van der Waals surface area contributed by atoms with E-state index in [1.165, 1.54) is 0 Å². The van der Waals surface area contributed by atoms with Gasteiger partial charge in [0.15, 0.2) is 11.5 Å². The fourth-order valence-electron chi connectivity index (χ4n) is 3.05. The third-order valence-electron chi connectivity index (χ3n) is 4.47. The summed E-state index contributed by atoms with van der Waals surface area (Å²) in [5.74, 6) is 2.33. The number of aryl methyl sites for hydroxylation is 1. The first-order valence-electron chi connectivity index (χ1n) is 8.16. The summed E-state index contributed by atoms with van der Waals surface area (Å²) in [7, 11) is 1.98. The van der Waals surface area contributed by atoms with Crippen molar-refractivity contribution >= 4 is 16.9 Å². The Kier molecular flexibility index (Phi) is 3.80. The number of rotatable bonds is 4. The van der Waals surface area contributed by atoms with Crippen LogP contribution in [-0.2, 0) is 24.9 Å². The summed E-state index contributed by atoms with van der Waals surface area (Å²) >= 11 is 0. The lowest BCUT2D eigenvalue weighted by Crippen LogP contribution is -2.28. The number of imidazole rings is 1. The molecule has 1 aliphatic heterocycles. The van der Waals surface area contributed by atoms with E-state index in [9.17, 15) is 4.79 Å². The van der Waals surface area contributed by atoms with E-state index in [2.05, 4.69) is 4.98 Å². The number of carbonyl (C=O) groups is 1. The molecule has 1 amide bonds. The minimum Gasteiger partial charge on any atom is -0.454 e. The molecule has 128 valence electrons. The number of nitrogens with zero attached hydrogens (tertiary/aromatic N) is 3. The van der Waals surface area contributed by atoms with Gasteiger partial charge in [0.2, 0.25) is 12.7 Å². The van der Waals surface area contributed by atoms with E-state index in [-0.39, 0.29) is 12.7 Å². The van der Waals surface area contributed by atoms with Crippen LogP contribution in [0.3, 0.4) is 0 Å². The number of para-hydroxylation sites is 2. The summed E-state index contributed by atoms with van der Waals surface area (Å²) in [5.41, 5.74) is 2.99. The van der Waals surface area contributed by atoms with Crippen LogP contribution >= 0.6 is 0 Å². The zero-order chi connectivity index (χ0) is 17.4. The highest BCUT2D eigenvalue weighted by molar-refractivity contribution is 5.76. The van der Waals surface area contributed by atoms with Crippen molar-refractivity contribution in [3.05, 3.63) is 53.9 Å². The molecular weight excluding hydrogens is 318 g/mol. The Morgan fingerprint density at radius 3 is 2.76 bits per heavy atom. The lowest BCUT2D eigenvalue weighted by molar-refractivity contribution is -0.130. The quantitative estimate of drug-likeness (QED) is 0.735. The molecule has 4 rings (SSSR count). The molecule has 0 saturated carbocycles. The number of aromatic nitrogens is 2. The number of hydrogen-bond donors (Lipinski definition) is 0. The normalized spacial score (nSPS) is 12.6. The van der Waals surface area contributed by atoms with Crippen molar-refractivity contribution in [2.45, 2.75) is 20.0 Å². The second kappa shape index (κ2) is 6.12. The third kappa shape index (κ3) is 2.91. The average molecular weight is 337 g/mol. The zero-order valence-corrected chi connectivity index (χ0v) is 14.2. The molecule has 1 aliphatic rings. The van der Waals surface area contributed by atoms with Crippen LogP contribution in [-0.4, -0.2) is 27.2 Å². The van der Waals surface area contributed by atoms with Crippen molar-refractivity contribution < 1.29 is 14.3 Å². The van der Waals surface area contributed by atoms with Gasteiger partial charge in [0.05, 0.1) is 17.6 Å². The molecule has 0 N–H and O–H groups in total. The van der Waals surface area contributed by atoms with Crippen molar-refractivity contribution in [2.24, 2.45) is 7.05 Å². The van der Waals surface area contributed by atoms with Crippen LogP contribution in [0.5, 0.6) is 11.5 Å². The van der Waals surface area contributed by atoms with E-state index in [1.54, 1.807) is 11.8 Å². The van der Waals surface area contributed by atoms with E-state index >= 15 is 0 Å². The van der Waals surface area contributed by atoms with E-state index in [1.807, 2.05) is 54.1 Å². The van der Waals surface area contributed by atoms with Crippen LogP contribution < -0.4 is 9.47 Å². The summed E-state index contributed by atoms with van der Waals surface area (Å²) in [5, 5.41) is 0. The van der Waals surface area contributed by atoms with Crippen LogP contribution in [0.4, 0.5) is 0 Å². The third-order valence-corrected chi connectivity index (χ3v) is 4.47. The molecule has 6 heteroatoms. The maximum atomic E-state index is 12.1. The molecule has 0 radical (unpaired) electrons. The van der Waals surface area contributed by atoms with Crippen LogP contribution in [0.2, 0.25) is 0 Å². The SMILES string of the molecule is CC(=O)N(Cc1ccc2c(c1)OCO2)Cc1nc2ccccc2n1C. The number of amides is 1. The van der Waals surface area contributed by atoms with E-state index in [4.69, 9.17) is 9.47 Å². The molecule has 0 saturated heterocycles. The lowest BCUT2D eigenvalue weighted by atomic mass is 10.2. The summed E-state index contributed by atoms with van der Waals surface area (Å²) < 4.78 is 12.8. The largest absolute Gasteiger partial charge is 0.454 e. The molecular formula is C19H19N3O3. The Morgan fingerprint density at radius 1 is 1.16 bits per heavy atom. The van der Waals surface area contributed by atoms with Crippen LogP contribution in [0.1, 0.15) is 18.3 Å². The van der Waals surface area contributed by atoms with Crippen molar-refractivity contribution in [2.75, 3.05) is 6.79 Å². The highest BCUT2D eigenvalue weighted by atomic mass is 16.7. The predicted octanol–water partition coefficient (Wildman–Crippen LogP) is 2.85. The molecule has 3 aromatic rings. The standard InChI is InChI=1S/C19H19N3O3/c1-13(23)22(10-14-7-8-17-18(9-14)25-12-24-17)11-19-20-15-5-3-4-6-16(15)21(19)2/h3-9H,10-12H2,1-2H3.